The van der Waals surface area contributed by atoms with E-state index in [0.29, 0.717) is 16.4 Å². The molecule has 174 valence electrons. The third kappa shape index (κ3) is 5.52. The third-order valence-electron chi connectivity index (χ3n) is 4.77. The van der Waals surface area contributed by atoms with Crippen molar-refractivity contribution in [3.05, 3.63) is 100 Å². The summed E-state index contributed by atoms with van der Waals surface area (Å²) in [6, 6.07) is 13.2. The van der Waals surface area contributed by atoms with Gasteiger partial charge in [-0.15, -0.1) is 0 Å². The normalized spacial score (nSPS) is 13.2. The molecule has 5 nitrogen and oxygen atoms in total. The first-order valence-electron chi connectivity index (χ1n) is 9.38. The molecule has 1 amide bonds. The summed E-state index contributed by atoms with van der Waals surface area (Å²) in [4.78, 5) is 12.1. The Bertz CT molecular complexity index is 1250. The molecule has 0 aliphatic heterocycles. The summed E-state index contributed by atoms with van der Waals surface area (Å²) in [6.07, 6.45) is -5.00. The van der Waals surface area contributed by atoms with E-state index in [1.54, 1.807) is 18.2 Å². The van der Waals surface area contributed by atoms with Gasteiger partial charge in [0.2, 0.25) is 15.9 Å². The van der Waals surface area contributed by atoms with Gasteiger partial charge >= 0.3 is 6.18 Å². The molecule has 0 radical (unpaired) electrons. The summed E-state index contributed by atoms with van der Waals surface area (Å²) in [6.45, 7) is -0.684. The number of sulfonamides is 1. The monoisotopic (exact) mass is 500 g/mol. The Morgan fingerprint density at radius 2 is 1.61 bits per heavy atom. The van der Waals surface area contributed by atoms with E-state index in [2.05, 4.69) is 0 Å². The van der Waals surface area contributed by atoms with Gasteiger partial charge in [0.25, 0.3) is 0 Å². The average Bonchev–Trinajstić information content (AvgIpc) is 2.74. The van der Waals surface area contributed by atoms with Crippen molar-refractivity contribution >= 4 is 27.5 Å². The summed E-state index contributed by atoms with van der Waals surface area (Å²) in [5.41, 5.74) is 4.00. The Kier molecular flexibility index (Phi) is 7.11. The predicted octanol–water partition coefficient (Wildman–Crippen LogP) is 4.92. The van der Waals surface area contributed by atoms with E-state index in [-0.39, 0.29) is 21.0 Å². The van der Waals surface area contributed by atoms with E-state index < -0.39 is 46.1 Å². The fourth-order valence-electron chi connectivity index (χ4n) is 3.23. The van der Waals surface area contributed by atoms with Crippen LogP contribution in [0.25, 0.3) is 0 Å². The summed E-state index contributed by atoms with van der Waals surface area (Å²) in [5, 5.41) is 0.253. The largest absolute Gasteiger partial charge is 0.419 e. The fraction of sp³-hybridized carbons (Fsp3) is 0.136. The van der Waals surface area contributed by atoms with Gasteiger partial charge in [-0.05, 0) is 47.5 Å². The van der Waals surface area contributed by atoms with Crippen LogP contribution >= 0.6 is 11.6 Å². The number of nitrogens with zero attached hydrogens (tertiary/aromatic N) is 1. The number of carbonyl (C=O) groups excluding carboxylic acids is 1. The van der Waals surface area contributed by atoms with Crippen molar-refractivity contribution in [1.82, 2.24) is 4.31 Å². The fourth-order valence-corrected chi connectivity index (χ4v) is 4.93. The molecule has 33 heavy (non-hydrogen) atoms. The summed E-state index contributed by atoms with van der Waals surface area (Å²) in [7, 11) is -4.47. The molecule has 0 saturated heterocycles. The van der Waals surface area contributed by atoms with Crippen LogP contribution in [-0.4, -0.2) is 18.6 Å². The maximum Gasteiger partial charge on any atom is 0.419 e. The van der Waals surface area contributed by atoms with Crippen LogP contribution in [0.4, 0.5) is 17.6 Å². The number of rotatable bonds is 7. The molecule has 0 heterocycles. The smallest absolute Gasteiger partial charge is 0.368 e. The van der Waals surface area contributed by atoms with Crippen molar-refractivity contribution < 1.29 is 30.8 Å². The van der Waals surface area contributed by atoms with E-state index in [0.717, 1.165) is 6.07 Å². The SMILES string of the molecule is NC(=O)[C@@H](c1ccccc1)N(Cc1ccc(F)c(C(F)(F)F)c1)S(=O)(=O)c1ccc(Cl)cc1. The van der Waals surface area contributed by atoms with Gasteiger partial charge in [-0.25, -0.2) is 12.8 Å². The van der Waals surface area contributed by atoms with E-state index in [1.165, 1.54) is 36.4 Å². The number of nitrogens with two attached hydrogens (primary N) is 1. The van der Waals surface area contributed by atoms with Gasteiger partial charge in [0.05, 0.1) is 10.5 Å². The highest BCUT2D eigenvalue weighted by atomic mass is 35.5. The van der Waals surface area contributed by atoms with Crippen molar-refractivity contribution in [2.45, 2.75) is 23.7 Å². The van der Waals surface area contributed by atoms with Crippen LogP contribution in [0.3, 0.4) is 0 Å². The zero-order chi connectivity index (χ0) is 24.4. The second-order valence-corrected chi connectivity index (χ2v) is 9.36. The second-order valence-electron chi connectivity index (χ2n) is 7.03. The van der Waals surface area contributed by atoms with Gasteiger partial charge in [-0.3, -0.25) is 4.79 Å². The highest BCUT2D eigenvalue weighted by Crippen LogP contribution is 2.34. The first kappa shape index (κ1) is 24.7. The molecule has 3 rings (SSSR count). The van der Waals surface area contributed by atoms with E-state index in [1.807, 2.05) is 0 Å². The second kappa shape index (κ2) is 9.50. The molecule has 0 saturated carbocycles. The lowest BCUT2D eigenvalue weighted by molar-refractivity contribution is -0.140. The standard InChI is InChI=1S/C22H17ClF4N2O3S/c23-16-7-9-17(10-8-16)33(31,32)29(20(21(28)30)15-4-2-1-3-5-15)13-14-6-11-19(24)18(12-14)22(25,26)27/h1-12,20H,13H2,(H2,28,30)/t20-/m1/s1. The van der Waals surface area contributed by atoms with Crippen LogP contribution in [0.1, 0.15) is 22.7 Å². The number of carbonyl (C=O) groups is 1. The van der Waals surface area contributed by atoms with Crippen LogP contribution in [0.2, 0.25) is 5.02 Å². The Labute approximate surface area is 192 Å². The molecule has 3 aromatic carbocycles. The minimum Gasteiger partial charge on any atom is -0.368 e. The molecule has 0 fully saturated rings. The van der Waals surface area contributed by atoms with Gasteiger partial charge in [-0.2, -0.15) is 17.5 Å². The zero-order valence-electron chi connectivity index (χ0n) is 16.8. The Morgan fingerprint density at radius 3 is 2.15 bits per heavy atom. The van der Waals surface area contributed by atoms with E-state index in [4.69, 9.17) is 17.3 Å². The van der Waals surface area contributed by atoms with Crippen LogP contribution in [-0.2, 0) is 27.5 Å². The lowest BCUT2D eigenvalue weighted by Crippen LogP contribution is -2.41. The molecule has 0 aliphatic carbocycles. The van der Waals surface area contributed by atoms with Crippen LogP contribution in [0, 0.1) is 5.82 Å². The predicted molar refractivity (Wildman–Crippen MR) is 114 cm³/mol. The number of primary amides is 1. The lowest BCUT2D eigenvalue weighted by Gasteiger charge is -2.29. The minimum atomic E-state index is -5.00. The molecule has 11 heteroatoms. The molecular formula is C22H17ClF4N2O3S. The van der Waals surface area contributed by atoms with Crippen LogP contribution in [0.15, 0.2) is 77.7 Å². The van der Waals surface area contributed by atoms with Gasteiger partial charge in [0, 0.05) is 11.6 Å². The Hall–Kier alpha value is -2.95. The van der Waals surface area contributed by atoms with Gasteiger partial charge in [0.15, 0.2) is 0 Å². The number of hydrogen-bond acceptors (Lipinski definition) is 3. The first-order valence-corrected chi connectivity index (χ1v) is 11.2. The zero-order valence-corrected chi connectivity index (χ0v) is 18.3. The quantitative estimate of drug-likeness (QED) is 0.468. The average molecular weight is 501 g/mol. The first-order chi connectivity index (χ1) is 15.4. The van der Waals surface area contributed by atoms with Crippen LogP contribution < -0.4 is 5.73 Å². The molecular weight excluding hydrogens is 484 g/mol. The van der Waals surface area contributed by atoms with E-state index in [9.17, 15) is 30.8 Å². The number of amides is 1. The number of alkyl halides is 3. The molecule has 2 N–H and O–H groups in total. The Balaban J connectivity index is 2.17. The van der Waals surface area contributed by atoms with Crippen molar-refractivity contribution in [2.24, 2.45) is 5.73 Å². The molecule has 0 bridgehead atoms. The van der Waals surface area contributed by atoms with Crippen LogP contribution in [0.5, 0.6) is 0 Å². The highest BCUT2D eigenvalue weighted by Gasteiger charge is 2.38. The van der Waals surface area contributed by atoms with Crippen molar-refractivity contribution in [3.63, 3.8) is 0 Å². The third-order valence-corrected chi connectivity index (χ3v) is 6.84. The van der Waals surface area contributed by atoms with Crippen molar-refractivity contribution in [1.29, 1.82) is 0 Å². The molecule has 3 aromatic rings. The maximum atomic E-state index is 13.8. The Morgan fingerprint density at radius 1 is 1.00 bits per heavy atom. The van der Waals surface area contributed by atoms with Gasteiger partial charge in [-0.1, -0.05) is 48.0 Å². The summed E-state index contributed by atoms with van der Waals surface area (Å²) < 4.78 is 81.0. The number of halogens is 5. The molecule has 1 atom stereocenters. The van der Waals surface area contributed by atoms with Crippen molar-refractivity contribution in [3.8, 4) is 0 Å². The van der Waals surface area contributed by atoms with Gasteiger partial charge in [0.1, 0.15) is 11.9 Å². The summed E-state index contributed by atoms with van der Waals surface area (Å²) in [5.74, 6) is -2.55. The highest BCUT2D eigenvalue weighted by molar-refractivity contribution is 7.89. The number of hydrogen-bond donors (Lipinski definition) is 1. The molecule has 0 aromatic heterocycles. The maximum absolute atomic E-state index is 13.8. The molecule has 0 aliphatic rings. The topological polar surface area (TPSA) is 80.5 Å². The minimum absolute atomic E-state index is 0.191. The number of benzene rings is 3. The molecule has 0 unspecified atom stereocenters. The van der Waals surface area contributed by atoms with E-state index >= 15 is 0 Å². The molecule has 0 spiro atoms. The van der Waals surface area contributed by atoms with Crippen molar-refractivity contribution in [2.75, 3.05) is 0 Å². The van der Waals surface area contributed by atoms with Gasteiger partial charge < -0.3 is 5.73 Å². The lowest BCUT2D eigenvalue weighted by atomic mass is 10.1. The summed E-state index contributed by atoms with van der Waals surface area (Å²) >= 11 is 5.83.